The highest BCUT2D eigenvalue weighted by atomic mass is 19.1. The molecule has 6 heteroatoms. The summed E-state index contributed by atoms with van der Waals surface area (Å²) in [6, 6.07) is 29.0. The quantitative estimate of drug-likeness (QED) is 0.321. The summed E-state index contributed by atoms with van der Waals surface area (Å²) in [7, 11) is 0. The number of benzene rings is 4. The molecule has 3 N–H and O–H groups in total. The number of ether oxygens (including phenoxy) is 1. The first kappa shape index (κ1) is 26.3. The van der Waals surface area contributed by atoms with Crippen LogP contribution in [-0.4, -0.2) is 17.4 Å². The summed E-state index contributed by atoms with van der Waals surface area (Å²) in [5.41, 5.74) is 10.9. The summed E-state index contributed by atoms with van der Waals surface area (Å²) < 4.78 is 19.4. The number of nitrogens with one attached hydrogen (secondary N) is 1. The largest absolute Gasteiger partial charge is 0.459 e. The second kappa shape index (κ2) is 11.2. The van der Waals surface area contributed by atoms with Gasteiger partial charge in [-0.2, -0.15) is 0 Å². The monoisotopic (exact) mass is 522 g/mol. The smallest absolute Gasteiger partial charge is 0.326 e. The van der Waals surface area contributed by atoms with Crippen molar-refractivity contribution in [2.45, 2.75) is 44.4 Å². The summed E-state index contributed by atoms with van der Waals surface area (Å²) in [6.45, 7) is 1.66. The molecule has 4 aromatic carbocycles. The van der Waals surface area contributed by atoms with Crippen LogP contribution in [0.25, 0.3) is 11.1 Å². The van der Waals surface area contributed by atoms with E-state index in [0.717, 1.165) is 27.8 Å². The van der Waals surface area contributed by atoms with E-state index in [1.54, 1.807) is 25.1 Å². The Bertz CT molecular complexity index is 1480. The molecule has 4 bridgehead atoms. The SMILES string of the molecule is CC1(N)Cc2cccc(c2)CCC(c2ccc(F)cc2)NC(=O)c2cc(cc(-c3ccccc3)c2)COC1=O. The second-order valence-electron chi connectivity index (χ2n) is 10.4. The Morgan fingerprint density at radius 2 is 1.54 bits per heavy atom. The molecule has 1 aliphatic heterocycles. The Labute approximate surface area is 227 Å². The third kappa shape index (κ3) is 6.41. The van der Waals surface area contributed by atoms with E-state index in [2.05, 4.69) is 5.32 Å². The number of aryl methyl sites for hydroxylation is 1. The minimum absolute atomic E-state index is 0.0198. The van der Waals surface area contributed by atoms with Gasteiger partial charge in [0.15, 0.2) is 0 Å². The molecule has 0 radical (unpaired) electrons. The van der Waals surface area contributed by atoms with Crippen molar-refractivity contribution in [3.8, 4) is 11.1 Å². The first-order valence-electron chi connectivity index (χ1n) is 13.1. The molecule has 1 heterocycles. The molecule has 5 nitrogen and oxygen atoms in total. The van der Waals surface area contributed by atoms with Crippen LogP contribution in [0.4, 0.5) is 4.39 Å². The fourth-order valence-electron chi connectivity index (χ4n) is 4.98. The van der Waals surface area contributed by atoms with Gasteiger partial charge >= 0.3 is 5.97 Å². The molecule has 2 atom stereocenters. The van der Waals surface area contributed by atoms with E-state index in [4.69, 9.17) is 10.5 Å². The predicted octanol–water partition coefficient (Wildman–Crippen LogP) is 5.91. The maximum absolute atomic E-state index is 13.7. The summed E-state index contributed by atoms with van der Waals surface area (Å²) in [6.07, 6.45) is 1.60. The highest BCUT2D eigenvalue weighted by Gasteiger charge is 2.31. The van der Waals surface area contributed by atoms with Gasteiger partial charge in [0, 0.05) is 12.0 Å². The third-order valence-corrected chi connectivity index (χ3v) is 7.06. The zero-order chi connectivity index (χ0) is 27.4. The maximum atomic E-state index is 13.7. The third-order valence-electron chi connectivity index (χ3n) is 7.06. The van der Waals surface area contributed by atoms with Crippen molar-refractivity contribution in [2.24, 2.45) is 5.73 Å². The number of esters is 1. The molecule has 1 amide bonds. The van der Waals surface area contributed by atoms with E-state index in [1.807, 2.05) is 66.7 Å². The van der Waals surface area contributed by atoms with Gasteiger partial charge in [0.1, 0.15) is 18.0 Å². The summed E-state index contributed by atoms with van der Waals surface area (Å²) in [5.74, 6) is -1.10. The second-order valence-corrected chi connectivity index (χ2v) is 10.4. The van der Waals surface area contributed by atoms with Crippen molar-refractivity contribution < 1.29 is 18.7 Å². The number of amides is 1. The molecule has 5 rings (SSSR count). The summed E-state index contributed by atoms with van der Waals surface area (Å²) in [4.78, 5) is 26.6. The van der Waals surface area contributed by atoms with E-state index in [0.29, 0.717) is 30.4 Å². The van der Waals surface area contributed by atoms with E-state index < -0.39 is 11.5 Å². The van der Waals surface area contributed by atoms with Crippen molar-refractivity contribution in [3.63, 3.8) is 0 Å². The number of carbonyl (C=O) groups is 2. The van der Waals surface area contributed by atoms with E-state index in [9.17, 15) is 14.0 Å². The lowest BCUT2D eigenvalue weighted by molar-refractivity contribution is -0.150. The predicted molar refractivity (Wildman–Crippen MR) is 149 cm³/mol. The van der Waals surface area contributed by atoms with Crippen LogP contribution in [0.3, 0.4) is 0 Å². The van der Waals surface area contributed by atoms with Gasteiger partial charge in [0.05, 0.1) is 6.04 Å². The Morgan fingerprint density at radius 3 is 2.31 bits per heavy atom. The van der Waals surface area contributed by atoms with Gasteiger partial charge in [-0.3, -0.25) is 9.59 Å². The van der Waals surface area contributed by atoms with Gasteiger partial charge in [0.2, 0.25) is 0 Å². The van der Waals surface area contributed by atoms with E-state index in [1.165, 1.54) is 12.1 Å². The Morgan fingerprint density at radius 1 is 0.821 bits per heavy atom. The standard InChI is InChI=1S/C33H31FN2O3/c1-33(35)20-23-7-5-6-22(16-23)10-15-30(26-11-13-29(34)14-12-26)36-31(37)28-18-24(21-39-32(33)38)17-27(19-28)25-8-3-2-4-9-25/h2-9,11-14,16-19,30H,10,15,20-21,35H2,1H3,(H,36,37). The number of fused-ring (bicyclic) bond motifs is 4. The number of halogens is 1. The zero-order valence-electron chi connectivity index (χ0n) is 21.8. The molecule has 1 aliphatic rings. The average Bonchev–Trinajstić information content (AvgIpc) is 2.94. The lowest BCUT2D eigenvalue weighted by atomic mass is 9.91. The van der Waals surface area contributed by atoms with Crippen LogP contribution in [0.15, 0.2) is 97.1 Å². The van der Waals surface area contributed by atoms with Crippen LogP contribution in [-0.2, 0) is 29.0 Å². The Hall–Kier alpha value is -4.29. The lowest BCUT2D eigenvalue weighted by Gasteiger charge is -2.24. The van der Waals surface area contributed by atoms with Crippen LogP contribution in [0.1, 0.15) is 52.0 Å². The molecule has 39 heavy (non-hydrogen) atoms. The molecule has 198 valence electrons. The molecule has 2 unspecified atom stereocenters. The topological polar surface area (TPSA) is 81.4 Å². The van der Waals surface area contributed by atoms with Crippen LogP contribution < -0.4 is 11.1 Å². The fraction of sp³-hybridized carbons (Fsp3) is 0.212. The van der Waals surface area contributed by atoms with Crippen molar-refractivity contribution in [3.05, 3.63) is 131 Å². The van der Waals surface area contributed by atoms with Crippen LogP contribution in [0, 0.1) is 5.82 Å². The van der Waals surface area contributed by atoms with Gasteiger partial charge in [-0.15, -0.1) is 0 Å². The molecule has 0 saturated heterocycles. The summed E-state index contributed by atoms with van der Waals surface area (Å²) >= 11 is 0. The van der Waals surface area contributed by atoms with Gasteiger partial charge in [-0.05, 0) is 83.5 Å². The number of hydrogen-bond donors (Lipinski definition) is 2. The molecule has 0 spiro atoms. The van der Waals surface area contributed by atoms with Crippen LogP contribution >= 0.6 is 0 Å². The minimum Gasteiger partial charge on any atom is -0.459 e. The van der Waals surface area contributed by atoms with E-state index >= 15 is 0 Å². The molecule has 0 aromatic heterocycles. The van der Waals surface area contributed by atoms with Gasteiger partial charge in [-0.1, -0.05) is 66.7 Å². The Balaban J connectivity index is 1.56. The summed E-state index contributed by atoms with van der Waals surface area (Å²) in [5, 5.41) is 3.16. The average molecular weight is 523 g/mol. The minimum atomic E-state index is -1.22. The highest BCUT2D eigenvalue weighted by Crippen LogP contribution is 2.26. The number of nitrogens with two attached hydrogens (primary N) is 1. The zero-order valence-corrected chi connectivity index (χ0v) is 21.8. The number of cyclic esters (lactones) is 1. The van der Waals surface area contributed by atoms with Gasteiger partial charge in [0.25, 0.3) is 5.91 Å². The fourth-order valence-corrected chi connectivity index (χ4v) is 4.98. The van der Waals surface area contributed by atoms with Crippen molar-refractivity contribution in [1.82, 2.24) is 5.32 Å². The molecular formula is C33H31FN2O3. The Kier molecular flexibility index (Phi) is 7.57. The molecule has 0 aliphatic carbocycles. The number of carbonyl (C=O) groups excluding carboxylic acids is 2. The molecule has 0 fully saturated rings. The normalized spacial score (nSPS) is 20.1. The van der Waals surface area contributed by atoms with Crippen LogP contribution in [0.5, 0.6) is 0 Å². The maximum Gasteiger partial charge on any atom is 0.326 e. The molecular weight excluding hydrogens is 491 g/mol. The molecule has 0 saturated carbocycles. The lowest BCUT2D eigenvalue weighted by Crippen LogP contribution is -2.48. The van der Waals surface area contributed by atoms with Gasteiger partial charge < -0.3 is 15.8 Å². The van der Waals surface area contributed by atoms with Crippen molar-refractivity contribution >= 4 is 11.9 Å². The first-order valence-corrected chi connectivity index (χ1v) is 13.1. The molecule has 4 aromatic rings. The van der Waals surface area contributed by atoms with Crippen molar-refractivity contribution in [2.75, 3.05) is 0 Å². The first-order chi connectivity index (χ1) is 18.8. The highest BCUT2D eigenvalue weighted by molar-refractivity contribution is 5.96. The van der Waals surface area contributed by atoms with Gasteiger partial charge in [-0.25, -0.2) is 4.39 Å². The van der Waals surface area contributed by atoms with Crippen molar-refractivity contribution in [1.29, 1.82) is 0 Å². The van der Waals surface area contributed by atoms with E-state index in [-0.39, 0.29) is 24.4 Å². The number of rotatable bonds is 2. The number of hydrogen-bond acceptors (Lipinski definition) is 4. The van der Waals surface area contributed by atoms with Crippen LogP contribution in [0.2, 0.25) is 0 Å².